The molecule has 0 spiro atoms. The van der Waals surface area contributed by atoms with Gasteiger partial charge in [0.05, 0.1) is 30.2 Å². The molecule has 170 valence electrons. The average molecular weight is 539 g/mol. The van der Waals surface area contributed by atoms with Crippen molar-refractivity contribution in [1.29, 1.82) is 10.5 Å². The van der Waals surface area contributed by atoms with Gasteiger partial charge in [0.15, 0.2) is 0 Å². The summed E-state index contributed by atoms with van der Waals surface area (Å²) in [6, 6.07) is 11.0. The summed E-state index contributed by atoms with van der Waals surface area (Å²) >= 11 is 5.96. The zero-order valence-electron chi connectivity index (χ0n) is 18.5. The minimum Gasteiger partial charge on any atom is -0.351 e. The van der Waals surface area contributed by atoms with Crippen LogP contribution >= 0.6 is 45.3 Å². The topological polar surface area (TPSA) is 107 Å². The normalized spacial score (nSPS) is 11.8. The van der Waals surface area contributed by atoms with Crippen molar-refractivity contribution in [2.45, 2.75) is 13.8 Å². The predicted molar refractivity (Wildman–Crippen MR) is 148 cm³/mol. The molecule has 0 bridgehead atoms. The van der Waals surface area contributed by atoms with Crippen molar-refractivity contribution in [3.8, 4) is 31.9 Å². The first-order valence-electron chi connectivity index (χ1n) is 10.1. The third-order valence-corrected chi connectivity index (χ3v) is 9.74. The molecule has 0 aliphatic heterocycles. The van der Waals surface area contributed by atoms with E-state index >= 15 is 0 Å². The predicted octanol–water partition coefficient (Wildman–Crippen LogP) is 7.93. The van der Waals surface area contributed by atoms with Gasteiger partial charge in [-0.05, 0) is 49.2 Å². The minimum absolute atomic E-state index is 0.192. The second-order valence-electron chi connectivity index (χ2n) is 7.24. The Morgan fingerprint density at radius 1 is 0.750 bits per heavy atom. The summed E-state index contributed by atoms with van der Waals surface area (Å²) in [6.07, 6.45) is 0. The van der Waals surface area contributed by atoms with E-state index in [0.29, 0.717) is 10.0 Å². The molecule has 0 aliphatic rings. The summed E-state index contributed by atoms with van der Waals surface area (Å²) in [5, 5.41) is 20.8. The maximum atomic E-state index is 8.96. The number of rotatable bonds is 4. The second-order valence-corrected chi connectivity index (χ2v) is 11.4. The van der Waals surface area contributed by atoms with Crippen LogP contribution in [0.4, 0.5) is 10.0 Å². The third kappa shape index (κ3) is 4.05. The van der Waals surface area contributed by atoms with Gasteiger partial charge in [-0.15, -0.1) is 22.7 Å². The Morgan fingerprint density at radius 3 is 1.53 bits per heavy atom. The van der Waals surface area contributed by atoms with Gasteiger partial charge in [-0.3, -0.25) is 0 Å². The maximum Gasteiger partial charge on any atom is 0.350 e. The summed E-state index contributed by atoms with van der Waals surface area (Å²) in [5.74, 6) is -0.383. The molecule has 5 rings (SSSR count). The number of aryl methyl sites for hydroxylation is 2. The summed E-state index contributed by atoms with van der Waals surface area (Å²) in [4.78, 5) is 26.1. The maximum absolute atomic E-state index is 8.96. The summed E-state index contributed by atoms with van der Waals surface area (Å²) < 4.78 is 2.13. The number of nitrogens with zero attached hydrogens (tertiary/aromatic N) is 8. The summed E-state index contributed by atoms with van der Waals surface area (Å²) in [6.45, 7) is 18.1. The van der Waals surface area contributed by atoms with E-state index in [4.69, 9.17) is 33.6 Å². The SMILES string of the molecule is [C-]#[N+]C(C#N)=Nc1ccc(-c2nc3c(C)c4sc(-c5ccc(N=C(C#N)[N+]#[C-])s5)nc4c(C)c3s2)s1. The minimum atomic E-state index is -0.192. The van der Waals surface area contributed by atoms with E-state index in [-0.39, 0.29) is 11.7 Å². The van der Waals surface area contributed by atoms with Crippen LogP contribution in [0.5, 0.6) is 0 Å². The molecule has 0 saturated carbocycles. The Balaban J connectivity index is 1.56. The number of aromatic nitrogens is 2. The van der Waals surface area contributed by atoms with Crippen LogP contribution in [0.1, 0.15) is 11.1 Å². The van der Waals surface area contributed by atoms with Crippen molar-refractivity contribution in [3.63, 3.8) is 0 Å². The summed E-state index contributed by atoms with van der Waals surface area (Å²) in [5.41, 5.74) is 3.97. The van der Waals surface area contributed by atoms with Gasteiger partial charge in [0.25, 0.3) is 0 Å². The van der Waals surface area contributed by atoms with Crippen LogP contribution in [0.2, 0.25) is 0 Å². The van der Waals surface area contributed by atoms with Crippen LogP contribution in [0.15, 0.2) is 34.3 Å². The molecule has 0 saturated heterocycles. The number of thiazole rings is 2. The van der Waals surface area contributed by atoms with Crippen LogP contribution in [0, 0.1) is 49.7 Å². The van der Waals surface area contributed by atoms with Crippen LogP contribution < -0.4 is 0 Å². The van der Waals surface area contributed by atoms with Gasteiger partial charge in [-0.25, -0.2) is 20.5 Å². The molecule has 36 heavy (non-hydrogen) atoms. The van der Waals surface area contributed by atoms with Crippen molar-refractivity contribution in [2.75, 3.05) is 0 Å². The van der Waals surface area contributed by atoms with Crippen molar-refractivity contribution in [2.24, 2.45) is 9.98 Å². The Bertz CT molecular complexity index is 1690. The molecule has 0 amide bonds. The molecule has 8 nitrogen and oxygen atoms in total. The molecule has 0 radical (unpaired) electrons. The first-order valence-corrected chi connectivity index (χ1v) is 13.4. The molecular formula is C24H10N8S4. The Morgan fingerprint density at radius 2 is 1.17 bits per heavy atom. The number of hydrogen-bond donors (Lipinski definition) is 0. The van der Waals surface area contributed by atoms with Crippen LogP contribution in [0.25, 0.3) is 49.9 Å². The first-order chi connectivity index (χ1) is 17.4. The molecule has 0 atom stereocenters. The lowest BCUT2D eigenvalue weighted by Crippen LogP contribution is -1.83. The Hall–Kier alpha value is -4.30. The number of benzene rings is 1. The van der Waals surface area contributed by atoms with E-state index in [1.165, 1.54) is 22.7 Å². The number of aliphatic imine (C=N–C) groups is 2. The van der Waals surface area contributed by atoms with E-state index in [1.807, 2.05) is 26.0 Å². The van der Waals surface area contributed by atoms with Gasteiger partial charge in [-0.1, -0.05) is 45.8 Å². The van der Waals surface area contributed by atoms with Crippen molar-refractivity contribution >= 4 is 87.5 Å². The van der Waals surface area contributed by atoms with Gasteiger partial charge in [-0.2, -0.15) is 0 Å². The standard InChI is InChI=1S/C24H10N8S4/c1-11-19-22(36-23(31-19)13-5-7-17(33-13)29-15(9-25)27-3)12(2)20-21(11)35-24(32-20)14-6-8-18(34-14)30-16(10-26)28-4/h5-8H,1-2H3. The highest BCUT2D eigenvalue weighted by molar-refractivity contribution is 7.28. The monoisotopic (exact) mass is 538 g/mol. The Labute approximate surface area is 221 Å². The fourth-order valence-corrected chi connectivity index (χ4v) is 7.56. The lowest BCUT2D eigenvalue weighted by atomic mass is 10.1. The molecular weight excluding hydrogens is 529 g/mol. The number of fused-ring (bicyclic) bond motifs is 2. The quantitative estimate of drug-likeness (QED) is 0.131. The van der Waals surface area contributed by atoms with Gasteiger partial charge >= 0.3 is 11.7 Å². The molecule has 0 N–H and O–H groups in total. The largest absolute Gasteiger partial charge is 0.351 e. The van der Waals surface area contributed by atoms with Crippen molar-refractivity contribution < 1.29 is 0 Å². The molecule has 0 unspecified atom stereocenters. The van der Waals surface area contributed by atoms with Gasteiger partial charge in [0.2, 0.25) is 10.0 Å². The molecule has 5 aromatic rings. The van der Waals surface area contributed by atoms with Crippen LogP contribution in [-0.4, -0.2) is 21.6 Å². The fraction of sp³-hybridized carbons (Fsp3) is 0.0833. The summed E-state index contributed by atoms with van der Waals surface area (Å²) in [7, 11) is 0. The molecule has 0 fully saturated rings. The number of thiophene rings is 2. The zero-order valence-corrected chi connectivity index (χ0v) is 21.8. The van der Waals surface area contributed by atoms with Gasteiger partial charge < -0.3 is 9.69 Å². The molecule has 1 aromatic carbocycles. The van der Waals surface area contributed by atoms with Crippen LogP contribution in [0.3, 0.4) is 0 Å². The van der Waals surface area contributed by atoms with E-state index in [1.54, 1.807) is 46.9 Å². The van der Waals surface area contributed by atoms with Crippen LogP contribution in [-0.2, 0) is 0 Å². The second kappa shape index (κ2) is 9.39. The molecule has 12 heteroatoms. The number of hydrogen-bond acceptors (Lipinski definition) is 10. The van der Waals surface area contributed by atoms with Crippen molar-refractivity contribution in [1.82, 2.24) is 9.97 Å². The highest BCUT2D eigenvalue weighted by Crippen LogP contribution is 2.45. The van der Waals surface area contributed by atoms with E-state index in [9.17, 15) is 0 Å². The highest BCUT2D eigenvalue weighted by atomic mass is 32.1. The van der Waals surface area contributed by atoms with Crippen molar-refractivity contribution in [3.05, 3.63) is 58.2 Å². The molecule has 0 aliphatic carbocycles. The highest BCUT2D eigenvalue weighted by Gasteiger charge is 2.20. The van der Waals surface area contributed by atoms with E-state index < -0.39 is 0 Å². The smallest absolute Gasteiger partial charge is 0.350 e. The third-order valence-electron chi connectivity index (χ3n) is 5.10. The number of nitriles is 2. The van der Waals surface area contributed by atoms with E-state index in [2.05, 4.69) is 19.7 Å². The zero-order chi connectivity index (χ0) is 25.4. The van der Waals surface area contributed by atoms with E-state index in [0.717, 1.165) is 51.3 Å². The average Bonchev–Trinajstić information content (AvgIpc) is 3.69. The molecule has 4 aromatic heterocycles. The molecule has 4 heterocycles. The first kappa shape index (κ1) is 23.4. The van der Waals surface area contributed by atoms with Gasteiger partial charge in [0.1, 0.15) is 22.2 Å². The van der Waals surface area contributed by atoms with Gasteiger partial charge in [0, 0.05) is 0 Å². The Kier molecular flexibility index (Phi) is 6.12. The lowest BCUT2D eigenvalue weighted by molar-refractivity contribution is 1.42. The fourth-order valence-electron chi connectivity index (χ4n) is 3.45. The number of amidine groups is 2. The lowest BCUT2D eigenvalue weighted by Gasteiger charge is -2.00.